The Hall–Kier alpha value is -1.80. The molecular formula is C30H39AsClF4N4O. The van der Waals surface area contributed by atoms with Crippen LogP contribution in [0.2, 0.25) is 10.2 Å². The molecule has 0 aromatic heterocycles. The van der Waals surface area contributed by atoms with Crippen LogP contribution in [-0.2, 0) is 5.21 Å². The number of anilines is 2. The first kappa shape index (κ1) is 32.1. The van der Waals surface area contributed by atoms with E-state index in [9.17, 15) is 18.0 Å². The predicted octanol–water partition coefficient (Wildman–Crippen LogP) is 6.69. The van der Waals surface area contributed by atoms with Gasteiger partial charge in [-0.3, -0.25) is 4.90 Å². The number of carbonyl (C=O) groups excluding carboxylic acids is 1. The zero-order valence-corrected chi connectivity index (χ0v) is 26.4. The van der Waals surface area contributed by atoms with Crippen LogP contribution in [0, 0.1) is 5.82 Å². The molecule has 2 fully saturated rings. The molecule has 5 nitrogen and oxygen atoms in total. The molecule has 41 heavy (non-hydrogen) atoms. The summed E-state index contributed by atoms with van der Waals surface area (Å²) in [6.07, 6.45) is -1.19. The first-order chi connectivity index (χ1) is 19.4. The van der Waals surface area contributed by atoms with E-state index in [-0.39, 0.29) is 33.4 Å². The van der Waals surface area contributed by atoms with Crippen molar-refractivity contribution >= 4 is 44.6 Å². The molecule has 2 aromatic rings. The number of amides is 1. The van der Waals surface area contributed by atoms with Gasteiger partial charge in [0.15, 0.2) is 0 Å². The third-order valence-corrected chi connectivity index (χ3v) is 11.5. The zero-order chi connectivity index (χ0) is 29.6. The van der Waals surface area contributed by atoms with Crippen molar-refractivity contribution in [2.75, 3.05) is 56.0 Å². The van der Waals surface area contributed by atoms with Gasteiger partial charge in [0.2, 0.25) is 0 Å². The quantitative estimate of drug-likeness (QED) is 0.228. The summed E-state index contributed by atoms with van der Waals surface area (Å²) in [6, 6.07) is 9.90. The molecular weight excluding hydrogens is 619 g/mol. The number of alkyl halides is 3. The summed E-state index contributed by atoms with van der Waals surface area (Å²) in [5.41, 5.74) is 2.18. The number of hydrogen-bond donors (Lipinski definition) is 1. The molecule has 1 radical (unpaired) electrons. The van der Waals surface area contributed by atoms with Gasteiger partial charge in [-0.15, -0.1) is 0 Å². The Morgan fingerprint density at radius 3 is 2.34 bits per heavy atom. The van der Waals surface area contributed by atoms with Crippen LogP contribution in [0.4, 0.5) is 28.9 Å². The number of nitrogens with one attached hydrogen (secondary N) is 1. The van der Waals surface area contributed by atoms with Gasteiger partial charge in [-0.2, -0.15) is 13.2 Å². The Morgan fingerprint density at radius 1 is 0.976 bits per heavy atom. The second-order valence-corrected chi connectivity index (χ2v) is 14.2. The molecule has 0 unspecified atom stereocenters. The number of rotatable bonds is 10. The van der Waals surface area contributed by atoms with E-state index in [1.807, 2.05) is 11.0 Å². The van der Waals surface area contributed by atoms with E-state index in [2.05, 4.69) is 24.1 Å². The summed E-state index contributed by atoms with van der Waals surface area (Å²) in [5, 5.41) is 5.25. The number of piperidine rings is 1. The Morgan fingerprint density at radius 2 is 1.68 bits per heavy atom. The van der Waals surface area contributed by atoms with Gasteiger partial charge >= 0.3 is 222 Å². The second kappa shape index (κ2) is 14.1. The molecule has 2 aromatic carbocycles. The van der Waals surface area contributed by atoms with Crippen LogP contribution >= 0.6 is 11.6 Å². The average Bonchev–Trinajstić information content (AvgIpc) is 2.93. The van der Waals surface area contributed by atoms with Crippen LogP contribution < -0.4 is 10.2 Å². The number of piperazine rings is 1. The second-order valence-electron chi connectivity index (χ2n) is 11.5. The number of likely N-dealkylation sites (tertiary alicyclic amines) is 1. The summed E-state index contributed by atoms with van der Waals surface area (Å²) in [4.78, 5) is 19.4. The summed E-state index contributed by atoms with van der Waals surface area (Å²) >= 11 is 6.24. The summed E-state index contributed by atoms with van der Waals surface area (Å²) in [5.74, 6) is -1.11. The molecule has 0 spiro atoms. The van der Waals surface area contributed by atoms with Gasteiger partial charge in [0.05, 0.1) is 6.42 Å². The van der Waals surface area contributed by atoms with Crippen molar-refractivity contribution in [3.8, 4) is 0 Å². The molecule has 2 heterocycles. The monoisotopic (exact) mass is 657 g/mol. The molecule has 2 saturated heterocycles. The first-order valence-corrected chi connectivity index (χ1v) is 17.3. The van der Waals surface area contributed by atoms with Gasteiger partial charge in [0, 0.05) is 6.54 Å². The standard InChI is InChI=1S/C30H39AsClF4N4O/c1-29(2,40-11-4-3-5-12-40)21-31-20-22-6-8-24(25(33)18-22)28(41)37-26-9-7-23(32)19-27(26)39-16-14-38(15-17-39)13-10-30(34,35)36/h6-9,18-19H,3-5,10-17,20-21H2,1-2H3,(H,37,41). The van der Waals surface area contributed by atoms with Crippen molar-refractivity contribution in [1.82, 2.24) is 9.80 Å². The van der Waals surface area contributed by atoms with Crippen LogP contribution in [0.15, 0.2) is 36.4 Å². The van der Waals surface area contributed by atoms with Gasteiger partial charge in [-0.25, -0.2) is 0 Å². The van der Waals surface area contributed by atoms with Crippen molar-refractivity contribution in [3.05, 3.63) is 58.4 Å². The van der Waals surface area contributed by atoms with Gasteiger partial charge < -0.3 is 0 Å². The Balaban J connectivity index is 1.34. The molecule has 0 saturated carbocycles. The van der Waals surface area contributed by atoms with Crippen molar-refractivity contribution in [1.29, 1.82) is 0 Å². The van der Waals surface area contributed by atoms with Crippen molar-refractivity contribution < 1.29 is 22.4 Å². The predicted molar refractivity (Wildman–Crippen MR) is 159 cm³/mol. The molecule has 0 aliphatic carbocycles. The first-order valence-electron chi connectivity index (χ1n) is 14.2. The van der Waals surface area contributed by atoms with Crippen molar-refractivity contribution in [3.63, 3.8) is 0 Å². The van der Waals surface area contributed by atoms with Crippen LogP contribution in [-0.4, -0.2) is 89.0 Å². The van der Waals surface area contributed by atoms with Gasteiger partial charge in [0.25, 0.3) is 0 Å². The SMILES string of the molecule is CC(C)(C[As]Cc1ccc(C(=O)Nc2ccc(Cl)cc2N2CCN(CCC(F)(F)F)CC2)c(F)c1)N1CCCCC1. The summed E-state index contributed by atoms with van der Waals surface area (Å²) < 4.78 is 52.9. The van der Waals surface area contributed by atoms with Crippen molar-refractivity contribution in [2.24, 2.45) is 0 Å². The third-order valence-electron chi connectivity index (χ3n) is 7.92. The molecule has 2 aliphatic rings. The van der Waals surface area contributed by atoms with Crippen molar-refractivity contribution in [2.45, 2.75) is 61.7 Å². The number of carbonyl (C=O) groups is 1. The fourth-order valence-electron chi connectivity index (χ4n) is 5.46. The number of halogens is 5. The minimum absolute atomic E-state index is 0.000830. The number of benzene rings is 2. The molecule has 4 rings (SSSR count). The van der Waals surface area contributed by atoms with Crippen LogP contribution in [0.25, 0.3) is 0 Å². The Labute approximate surface area is 252 Å². The van der Waals surface area contributed by atoms with E-state index >= 15 is 4.39 Å². The van der Waals surface area contributed by atoms with Gasteiger partial charge in [-0.05, 0) is 0 Å². The molecule has 1 N–H and O–H groups in total. The topological polar surface area (TPSA) is 38.8 Å². The molecule has 0 bridgehead atoms. The number of nitrogens with zero attached hydrogens (tertiary/aromatic N) is 3. The number of hydrogen-bond acceptors (Lipinski definition) is 4. The average molecular weight is 658 g/mol. The fraction of sp³-hybridized carbons (Fsp3) is 0.567. The fourth-order valence-corrected chi connectivity index (χ4v) is 8.38. The minimum atomic E-state index is -4.18. The van der Waals surface area contributed by atoms with Crippen LogP contribution in [0.3, 0.4) is 0 Å². The molecule has 225 valence electrons. The van der Waals surface area contributed by atoms with E-state index in [1.165, 1.54) is 25.3 Å². The maximum absolute atomic E-state index is 15.1. The molecule has 11 heteroatoms. The summed E-state index contributed by atoms with van der Waals surface area (Å²) in [6.45, 7) is 8.78. The Bertz CT molecular complexity index is 1180. The zero-order valence-electron chi connectivity index (χ0n) is 23.7. The van der Waals surface area contributed by atoms with Gasteiger partial charge in [-0.1, -0.05) is 0 Å². The normalized spacial score (nSPS) is 17.9. The molecule has 0 atom stereocenters. The van der Waals surface area contributed by atoms with E-state index in [0.717, 1.165) is 29.1 Å². The van der Waals surface area contributed by atoms with Crippen LogP contribution in [0.5, 0.6) is 0 Å². The molecule has 1 amide bonds. The van der Waals surface area contributed by atoms with E-state index in [4.69, 9.17) is 11.6 Å². The maximum atomic E-state index is 15.1. The summed E-state index contributed by atoms with van der Waals surface area (Å²) in [7, 11) is 0. The molecule has 2 aliphatic heterocycles. The van der Waals surface area contributed by atoms with Crippen LogP contribution in [0.1, 0.15) is 55.5 Å². The Kier molecular flexibility index (Phi) is 11.1. The van der Waals surface area contributed by atoms with E-state index in [1.54, 1.807) is 29.2 Å². The van der Waals surface area contributed by atoms with E-state index < -0.39 is 24.3 Å². The van der Waals surface area contributed by atoms with Gasteiger partial charge in [0.1, 0.15) is 0 Å². The third kappa shape index (κ3) is 9.34. The van der Waals surface area contributed by atoms with E-state index in [0.29, 0.717) is 42.6 Å².